The molecule has 1 heteroatoms. The molecule has 0 heterocycles. The summed E-state index contributed by atoms with van der Waals surface area (Å²) in [4.78, 5) is 2.32. The van der Waals surface area contributed by atoms with E-state index in [4.69, 9.17) is 0 Å². The normalized spacial score (nSPS) is 10.1. The van der Waals surface area contributed by atoms with E-state index < -0.39 is 0 Å². The topological polar surface area (TPSA) is 3.24 Å². The number of benzene rings is 4. The number of para-hydroxylation sites is 3. The summed E-state index contributed by atoms with van der Waals surface area (Å²) in [6.45, 7) is 2.17. The van der Waals surface area contributed by atoms with Crippen LogP contribution in [0.15, 0.2) is 109 Å². The molecule has 0 N–H and O–H groups in total. The molecule has 0 aliphatic heterocycles. The highest BCUT2D eigenvalue weighted by atomic mass is 15.1. The lowest BCUT2D eigenvalue weighted by Crippen LogP contribution is -2.11. The van der Waals surface area contributed by atoms with E-state index in [0.29, 0.717) is 0 Å². The summed E-state index contributed by atoms with van der Waals surface area (Å²) in [5.41, 5.74) is 7.26. The van der Waals surface area contributed by atoms with Gasteiger partial charge in [-0.25, -0.2) is 0 Å². The lowest BCUT2D eigenvalue weighted by Gasteiger charge is -2.28. The molecule has 27 heavy (non-hydrogen) atoms. The number of hydrogen-bond donors (Lipinski definition) is 0. The molecule has 0 saturated heterocycles. The summed E-state index contributed by atoms with van der Waals surface area (Å²) >= 11 is 0. The number of anilines is 3. The summed E-state index contributed by atoms with van der Waals surface area (Å²) in [6, 6.07) is 38.2. The monoisotopic (exact) mass is 351 g/mol. The van der Waals surface area contributed by atoms with Crippen molar-refractivity contribution in [1.82, 2.24) is 0 Å². The number of rotatable bonds is 4. The maximum atomic E-state index is 2.32. The van der Waals surface area contributed by atoms with Crippen molar-refractivity contribution in [3.05, 3.63) is 115 Å². The van der Waals surface area contributed by atoms with Crippen LogP contribution in [0.2, 0.25) is 0 Å². The zero-order chi connectivity index (χ0) is 17.8. The van der Waals surface area contributed by atoms with Crippen molar-refractivity contribution >= 4 is 17.1 Å². The van der Waals surface area contributed by atoms with E-state index in [0.717, 1.165) is 11.4 Å². The molecule has 0 amide bonds. The standard InChI is InChI=1S/C25H21N.CH4/c1-20-12-8-9-17-23(20)24-18-10-11-19-25(24)26(21-13-4-2-5-14-21)22-15-6-3-7-16-22;/h2-19H,1H3;1H4. The van der Waals surface area contributed by atoms with Crippen LogP contribution in [-0.2, 0) is 0 Å². The van der Waals surface area contributed by atoms with Crippen LogP contribution in [0.25, 0.3) is 11.1 Å². The van der Waals surface area contributed by atoms with Crippen LogP contribution in [0.4, 0.5) is 17.1 Å². The zero-order valence-corrected chi connectivity index (χ0v) is 14.8. The lowest BCUT2D eigenvalue weighted by molar-refractivity contribution is 1.28. The molecular formula is C26H25N. The fourth-order valence-electron chi connectivity index (χ4n) is 3.35. The fraction of sp³-hybridized carbons (Fsp3) is 0.0769. The van der Waals surface area contributed by atoms with Crippen molar-refractivity contribution in [3.8, 4) is 11.1 Å². The molecule has 0 aromatic heterocycles. The molecule has 4 rings (SSSR count). The molecule has 0 aliphatic rings. The Morgan fingerprint density at radius 1 is 0.481 bits per heavy atom. The molecule has 0 spiro atoms. The maximum Gasteiger partial charge on any atom is 0.0540 e. The highest BCUT2D eigenvalue weighted by molar-refractivity contribution is 5.88. The predicted molar refractivity (Wildman–Crippen MR) is 118 cm³/mol. The lowest BCUT2D eigenvalue weighted by atomic mass is 9.98. The van der Waals surface area contributed by atoms with Crippen LogP contribution >= 0.6 is 0 Å². The predicted octanol–water partition coefficient (Wildman–Crippen LogP) is 7.77. The maximum absolute atomic E-state index is 2.32. The average Bonchev–Trinajstić information content (AvgIpc) is 2.71. The van der Waals surface area contributed by atoms with E-state index in [1.807, 2.05) is 0 Å². The Labute approximate surface area is 162 Å². The van der Waals surface area contributed by atoms with Crippen LogP contribution < -0.4 is 4.90 Å². The van der Waals surface area contributed by atoms with Gasteiger partial charge in [-0.3, -0.25) is 0 Å². The average molecular weight is 351 g/mol. The summed E-state index contributed by atoms with van der Waals surface area (Å²) in [7, 11) is 0. The number of hydrogen-bond acceptors (Lipinski definition) is 1. The molecule has 0 saturated carbocycles. The van der Waals surface area contributed by atoms with Crippen molar-refractivity contribution in [2.75, 3.05) is 4.90 Å². The van der Waals surface area contributed by atoms with E-state index in [-0.39, 0.29) is 7.43 Å². The van der Waals surface area contributed by atoms with Gasteiger partial charge in [-0.15, -0.1) is 0 Å². The van der Waals surface area contributed by atoms with Gasteiger partial charge in [0, 0.05) is 16.9 Å². The van der Waals surface area contributed by atoms with E-state index in [9.17, 15) is 0 Å². The Bertz CT molecular complexity index is 951. The molecule has 0 atom stereocenters. The second-order valence-electron chi connectivity index (χ2n) is 6.34. The molecule has 0 fully saturated rings. The van der Waals surface area contributed by atoms with Gasteiger partial charge in [0.15, 0.2) is 0 Å². The Hall–Kier alpha value is -3.32. The van der Waals surface area contributed by atoms with Crippen molar-refractivity contribution in [2.45, 2.75) is 14.4 Å². The van der Waals surface area contributed by atoms with Gasteiger partial charge in [0.05, 0.1) is 5.69 Å². The largest absolute Gasteiger partial charge is 0.310 e. The van der Waals surface area contributed by atoms with Gasteiger partial charge in [-0.1, -0.05) is 86.3 Å². The van der Waals surface area contributed by atoms with Crippen LogP contribution in [-0.4, -0.2) is 0 Å². The van der Waals surface area contributed by atoms with Crippen molar-refractivity contribution in [3.63, 3.8) is 0 Å². The van der Waals surface area contributed by atoms with Gasteiger partial charge < -0.3 is 4.90 Å². The minimum absolute atomic E-state index is 0. The van der Waals surface area contributed by atoms with E-state index >= 15 is 0 Å². The van der Waals surface area contributed by atoms with Gasteiger partial charge in [-0.2, -0.15) is 0 Å². The fourth-order valence-corrected chi connectivity index (χ4v) is 3.35. The van der Waals surface area contributed by atoms with Gasteiger partial charge in [0.1, 0.15) is 0 Å². The minimum atomic E-state index is 0. The second kappa shape index (κ2) is 8.37. The number of nitrogens with zero attached hydrogens (tertiary/aromatic N) is 1. The smallest absolute Gasteiger partial charge is 0.0540 e. The van der Waals surface area contributed by atoms with Crippen LogP contribution in [0, 0.1) is 6.92 Å². The first kappa shape index (κ1) is 18.5. The first-order valence-corrected chi connectivity index (χ1v) is 8.90. The summed E-state index contributed by atoms with van der Waals surface area (Å²) in [5, 5.41) is 0. The SMILES string of the molecule is C.Cc1ccccc1-c1ccccc1N(c1ccccc1)c1ccccc1. The van der Waals surface area contributed by atoms with Gasteiger partial charge in [-0.05, 0) is 48.4 Å². The molecule has 1 nitrogen and oxygen atoms in total. The molecule has 4 aromatic rings. The first-order valence-electron chi connectivity index (χ1n) is 8.90. The zero-order valence-electron chi connectivity index (χ0n) is 14.8. The van der Waals surface area contributed by atoms with Gasteiger partial charge in [0.25, 0.3) is 0 Å². The van der Waals surface area contributed by atoms with Crippen molar-refractivity contribution in [1.29, 1.82) is 0 Å². The Kier molecular flexibility index (Phi) is 5.73. The van der Waals surface area contributed by atoms with Crippen LogP contribution in [0.1, 0.15) is 13.0 Å². The van der Waals surface area contributed by atoms with E-state index in [1.54, 1.807) is 0 Å². The molecule has 0 aliphatic carbocycles. The molecule has 0 unspecified atom stereocenters. The third kappa shape index (κ3) is 3.78. The van der Waals surface area contributed by atoms with Crippen molar-refractivity contribution < 1.29 is 0 Å². The van der Waals surface area contributed by atoms with Gasteiger partial charge in [0.2, 0.25) is 0 Å². The molecule has 0 radical (unpaired) electrons. The Morgan fingerprint density at radius 2 is 0.926 bits per heavy atom. The summed E-state index contributed by atoms with van der Waals surface area (Å²) in [6.07, 6.45) is 0. The van der Waals surface area contributed by atoms with Crippen LogP contribution in [0.5, 0.6) is 0 Å². The molecular weight excluding hydrogens is 326 g/mol. The van der Waals surface area contributed by atoms with E-state index in [2.05, 4.69) is 121 Å². The molecule has 4 aromatic carbocycles. The van der Waals surface area contributed by atoms with E-state index in [1.165, 1.54) is 22.4 Å². The quantitative estimate of drug-likeness (QED) is 0.363. The Balaban J connectivity index is 0.00000210. The summed E-state index contributed by atoms with van der Waals surface area (Å²) < 4.78 is 0. The number of aryl methyl sites for hydroxylation is 1. The second-order valence-corrected chi connectivity index (χ2v) is 6.34. The van der Waals surface area contributed by atoms with Crippen molar-refractivity contribution in [2.24, 2.45) is 0 Å². The third-order valence-electron chi connectivity index (χ3n) is 4.61. The highest BCUT2D eigenvalue weighted by Crippen LogP contribution is 2.40. The molecule has 134 valence electrons. The summed E-state index contributed by atoms with van der Waals surface area (Å²) in [5.74, 6) is 0. The minimum Gasteiger partial charge on any atom is -0.310 e. The highest BCUT2D eigenvalue weighted by Gasteiger charge is 2.16. The Morgan fingerprint density at radius 3 is 1.48 bits per heavy atom. The third-order valence-corrected chi connectivity index (χ3v) is 4.61. The molecule has 0 bridgehead atoms. The van der Waals surface area contributed by atoms with Crippen LogP contribution in [0.3, 0.4) is 0 Å². The first-order chi connectivity index (χ1) is 12.8. The van der Waals surface area contributed by atoms with Gasteiger partial charge >= 0.3 is 0 Å².